The smallest absolute Gasteiger partial charge is 0.257 e. The second-order valence-electron chi connectivity index (χ2n) is 7.73. The highest BCUT2D eigenvalue weighted by Crippen LogP contribution is 2.31. The van der Waals surface area contributed by atoms with Crippen LogP contribution >= 0.6 is 0 Å². The van der Waals surface area contributed by atoms with Crippen LogP contribution < -0.4 is 5.32 Å². The van der Waals surface area contributed by atoms with Crippen LogP contribution in [0.4, 0.5) is 4.39 Å². The molecular weight excluding hydrogens is 395 g/mol. The number of benzene rings is 1. The van der Waals surface area contributed by atoms with Crippen molar-refractivity contribution in [1.82, 2.24) is 10.2 Å². The number of nitrogens with zero attached hydrogens (tertiary/aromatic N) is 1. The number of fused-ring (bicyclic) bond motifs is 1. The summed E-state index contributed by atoms with van der Waals surface area (Å²) in [6.07, 6.45) is 8.50. The van der Waals surface area contributed by atoms with E-state index in [1.54, 1.807) is 13.1 Å². The van der Waals surface area contributed by atoms with Crippen molar-refractivity contribution in [2.45, 2.75) is 79.7 Å². The van der Waals surface area contributed by atoms with Gasteiger partial charge in [-0.15, -0.1) is 0 Å². The fraction of sp³-hybridized carbons (Fsp3) is 0.720. The highest BCUT2D eigenvalue weighted by molar-refractivity contribution is 5.98. The van der Waals surface area contributed by atoms with Crippen LogP contribution in [0.2, 0.25) is 0 Å². The first-order valence-electron chi connectivity index (χ1n) is 12.0. The van der Waals surface area contributed by atoms with E-state index in [2.05, 4.69) is 12.2 Å². The van der Waals surface area contributed by atoms with E-state index in [0.717, 1.165) is 24.9 Å². The van der Waals surface area contributed by atoms with E-state index in [-0.39, 0.29) is 18.1 Å². The number of amides is 1. The molecule has 0 spiro atoms. The van der Waals surface area contributed by atoms with Crippen molar-refractivity contribution < 1.29 is 19.4 Å². The minimum Gasteiger partial charge on any atom is -0.505 e. The number of phenols is 1. The van der Waals surface area contributed by atoms with Crippen LogP contribution in [0.25, 0.3) is 0 Å². The van der Waals surface area contributed by atoms with Crippen LogP contribution in [0.1, 0.15) is 89.1 Å². The lowest BCUT2D eigenvalue weighted by Gasteiger charge is -2.27. The van der Waals surface area contributed by atoms with E-state index in [0.29, 0.717) is 12.1 Å². The molecule has 1 fully saturated rings. The summed E-state index contributed by atoms with van der Waals surface area (Å²) in [5, 5.41) is 20.9. The van der Waals surface area contributed by atoms with E-state index in [1.807, 2.05) is 27.7 Å². The van der Waals surface area contributed by atoms with Crippen molar-refractivity contribution in [3.8, 4) is 5.75 Å². The van der Waals surface area contributed by atoms with Crippen LogP contribution in [0.3, 0.4) is 0 Å². The van der Waals surface area contributed by atoms with Gasteiger partial charge in [-0.3, -0.25) is 4.79 Å². The molecule has 180 valence electrons. The first-order valence-corrected chi connectivity index (χ1v) is 12.0. The zero-order chi connectivity index (χ0) is 23.8. The monoisotopic (exact) mass is 440 g/mol. The quantitative estimate of drug-likeness (QED) is 0.522. The Kier molecular flexibility index (Phi) is 16.1. The molecule has 0 saturated heterocycles. The zero-order valence-corrected chi connectivity index (χ0v) is 20.5. The lowest BCUT2D eigenvalue weighted by molar-refractivity contribution is 0.0812. The van der Waals surface area contributed by atoms with Crippen LogP contribution in [-0.4, -0.2) is 47.8 Å². The van der Waals surface area contributed by atoms with Crippen molar-refractivity contribution in [2.75, 3.05) is 26.7 Å². The van der Waals surface area contributed by atoms with Gasteiger partial charge < -0.3 is 20.4 Å². The third-order valence-electron chi connectivity index (χ3n) is 5.70. The first-order chi connectivity index (χ1) is 15.0. The lowest BCUT2D eigenvalue weighted by Crippen LogP contribution is -2.24. The van der Waals surface area contributed by atoms with Gasteiger partial charge in [-0.25, -0.2) is 4.39 Å². The van der Waals surface area contributed by atoms with Crippen molar-refractivity contribution in [3.05, 3.63) is 29.1 Å². The van der Waals surface area contributed by atoms with Gasteiger partial charge in [0.25, 0.3) is 5.91 Å². The molecule has 3 N–H and O–H groups in total. The summed E-state index contributed by atoms with van der Waals surface area (Å²) in [5.74, 6) is 0.179. The molecule has 1 saturated carbocycles. The summed E-state index contributed by atoms with van der Waals surface area (Å²) >= 11 is 0. The Morgan fingerprint density at radius 1 is 1.13 bits per heavy atom. The minimum atomic E-state index is -0.813. The molecule has 2 aliphatic rings. The molecule has 1 aromatic carbocycles. The van der Waals surface area contributed by atoms with Gasteiger partial charge in [0.1, 0.15) is 0 Å². The molecule has 3 rings (SSSR count). The molecule has 6 heteroatoms. The molecule has 1 aliphatic heterocycles. The molecule has 0 radical (unpaired) electrons. The van der Waals surface area contributed by atoms with Gasteiger partial charge in [0.05, 0.1) is 12.2 Å². The number of aromatic hydroxyl groups is 1. The Labute approximate surface area is 189 Å². The summed E-state index contributed by atoms with van der Waals surface area (Å²) in [6.45, 7) is 12.9. The molecule has 1 aliphatic carbocycles. The lowest BCUT2D eigenvalue weighted by atomic mass is 9.79. The van der Waals surface area contributed by atoms with Gasteiger partial charge in [0.2, 0.25) is 0 Å². The SMILES string of the molecule is CC.CC.CC(CCNCCO)C1CCCCC1.CN1Cc2ccc(O)c(F)c2C1=O. The Bertz CT molecular complexity index is 619. The van der Waals surface area contributed by atoms with Crippen LogP contribution in [0, 0.1) is 17.7 Å². The molecule has 31 heavy (non-hydrogen) atoms. The predicted molar refractivity (Wildman–Crippen MR) is 127 cm³/mol. The van der Waals surface area contributed by atoms with Crippen LogP contribution in [0.15, 0.2) is 12.1 Å². The van der Waals surface area contributed by atoms with E-state index in [1.165, 1.54) is 49.5 Å². The maximum absolute atomic E-state index is 13.2. The van der Waals surface area contributed by atoms with Crippen LogP contribution in [0.5, 0.6) is 5.75 Å². The molecule has 1 atom stereocenters. The highest BCUT2D eigenvalue weighted by atomic mass is 19.1. The largest absolute Gasteiger partial charge is 0.505 e. The fourth-order valence-corrected chi connectivity index (χ4v) is 3.96. The number of phenolic OH excluding ortho intramolecular Hbond substituents is 1. The molecule has 5 nitrogen and oxygen atoms in total. The molecule has 1 aromatic rings. The normalized spacial score (nSPS) is 16.1. The molecule has 0 bridgehead atoms. The summed E-state index contributed by atoms with van der Waals surface area (Å²) in [6, 6.07) is 2.83. The number of nitrogens with one attached hydrogen (secondary N) is 1. The Balaban J connectivity index is 0.000000501. The second-order valence-corrected chi connectivity index (χ2v) is 7.73. The van der Waals surface area contributed by atoms with Crippen molar-refractivity contribution in [1.29, 1.82) is 0 Å². The van der Waals surface area contributed by atoms with Crippen LogP contribution in [-0.2, 0) is 6.54 Å². The number of halogens is 1. The number of hydrogen-bond acceptors (Lipinski definition) is 4. The summed E-state index contributed by atoms with van der Waals surface area (Å²) in [5.41, 5.74) is 0.630. The number of rotatable bonds is 6. The number of carbonyl (C=O) groups excluding carboxylic acids is 1. The standard InChI is InChI=1S/C12H25NO.C9H8FNO2.2C2H6/c1-11(7-8-13-9-10-14)12-5-3-2-4-6-12;1-11-4-5-2-3-6(12)8(10)7(5)9(11)13;2*1-2/h11-14H,2-10H2,1H3;2-3,12H,4H2,1H3;2*1-2H3. The van der Waals surface area contributed by atoms with Gasteiger partial charge in [0, 0.05) is 20.1 Å². The van der Waals surface area contributed by atoms with Gasteiger partial charge in [-0.2, -0.15) is 0 Å². The maximum Gasteiger partial charge on any atom is 0.257 e. The summed E-state index contributed by atoms with van der Waals surface area (Å²) in [4.78, 5) is 12.8. The van der Waals surface area contributed by atoms with Gasteiger partial charge in [0.15, 0.2) is 11.6 Å². The Hall–Kier alpha value is -1.66. The van der Waals surface area contributed by atoms with E-state index in [4.69, 9.17) is 10.2 Å². The van der Waals surface area contributed by atoms with Crippen molar-refractivity contribution >= 4 is 5.91 Å². The minimum absolute atomic E-state index is 0.00231. The van der Waals surface area contributed by atoms with Gasteiger partial charge >= 0.3 is 0 Å². The topological polar surface area (TPSA) is 72.8 Å². The third-order valence-corrected chi connectivity index (χ3v) is 5.70. The third kappa shape index (κ3) is 9.56. The molecule has 1 heterocycles. The van der Waals surface area contributed by atoms with Gasteiger partial charge in [-0.1, -0.05) is 72.8 Å². The van der Waals surface area contributed by atoms with Crippen molar-refractivity contribution in [3.63, 3.8) is 0 Å². The van der Waals surface area contributed by atoms with E-state index < -0.39 is 11.6 Å². The highest BCUT2D eigenvalue weighted by Gasteiger charge is 2.29. The zero-order valence-electron chi connectivity index (χ0n) is 20.5. The maximum atomic E-state index is 13.2. The molecular formula is C25H45FN2O3. The fourth-order valence-electron chi connectivity index (χ4n) is 3.96. The summed E-state index contributed by atoms with van der Waals surface area (Å²) < 4.78 is 13.2. The average Bonchev–Trinajstić information content (AvgIpc) is 3.11. The van der Waals surface area contributed by atoms with Crippen molar-refractivity contribution in [2.24, 2.45) is 11.8 Å². The number of aliphatic hydroxyl groups excluding tert-OH is 1. The Morgan fingerprint density at radius 2 is 1.74 bits per heavy atom. The summed E-state index contributed by atoms with van der Waals surface area (Å²) in [7, 11) is 1.60. The van der Waals surface area contributed by atoms with E-state index >= 15 is 0 Å². The molecule has 1 amide bonds. The molecule has 0 aromatic heterocycles. The first kappa shape index (κ1) is 29.3. The van der Waals surface area contributed by atoms with E-state index in [9.17, 15) is 9.18 Å². The second kappa shape index (κ2) is 17.0. The number of hydrogen-bond donors (Lipinski definition) is 3. The van der Waals surface area contributed by atoms with Gasteiger partial charge in [-0.05, 0) is 36.4 Å². The predicted octanol–water partition coefficient (Wildman–Crippen LogP) is 5.34. The molecule has 1 unspecified atom stereocenters. The number of aliphatic hydroxyl groups is 1. The number of carbonyl (C=O) groups is 1. The Morgan fingerprint density at radius 3 is 2.32 bits per heavy atom. The average molecular weight is 441 g/mol.